The van der Waals surface area contributed by atoms with Gasteiger partial charge in [-0.15, -0.1) is 11.6 Å². The highest BCUT2D eigenvalue weighted by Crippen LogP contribution is 1.89. The van der Waals surface area contributed by atoms with Crippen molar-refractivity contribution in [1.82, 2.24) is 5.43 Å². The SMILES string of the molecule is CC(Cl)C(=O)NN. The lowest BCUT2D eigenvalue weighted by atomic mass is 10.5. The lowest BCUT2D eigenvalue weighted by Gasteiger charge is -1.96. The number of nitrogens with two attached hydrogens (primary N) is 1. The number of alkyl halides is 1. The summed E-state index contributed by atoms with van der Waals surface area (Å²) in [5.41, 5.74) is 1.89. The molecule has 0 saturated heterocycles. The van der Waals surface area contributed by atoms with E-state index in [4.69, 9.17) is 11.6 Å². The Balaban J connectivity index is 3.35. The van der Waals surface area contributed by atoms with Gasteiger partial charge in [-0.05, 0) is 6.92 Å². The number of carbonyl (C=O) groups is 1. The van der Waals surface area contributed by atoms with Gasteiger partial charge in [0, 0.05) is 0 Å². The molecule has 0 aliphatic rings. The van der Waals surface area contributed by atoms with Crippen LogP contribution < -0.4 is 11.3 Å². The first kappa shape index (κ1) is 6.72. The summed E-state index contributed by atoms with van der Waals surface area (Å²) < 4.78 is 0. The third-order valence-corrected chi connectivity index (χ3v) is 0.702. The van der Waals surface area contributed by atoms with E-state index in [1.165, 1.54) is 0 Å². The van der Waals surface area contributed by atoms with Crippen LogP contribution in [0.25, 0.3) is 0 Å². The number of halogens is 1. The first-order valence-corrected chi connectivity index (χ1v) is 2.26. The smallest absolute Gasteiger partial charge is 0.251 e. The van der Waals surface area contributed by atoms with Crippen LogP contribution in [0.2, 0.25) is 0 Å². The van der Waals surface area contributed by atoms with Crippen molar-refractivity contribution in [1.29, 1.82) is 0 Å². The van der Waals surface area contributed by atoms with Gasteiger partial charge in [0.05, 0.1) is 0 Å². The van der Waals surface area contributed by atoms with Crippen molar-refractivity contribution < 1.29 is 4.79 Å². The summed E-state index contributed by atoms with van der Waals surface area (Å²) in [6, 6.07) is 0. The fraction of sp³-hybridized carbons (Fsp3) is 0.667. The minimum Gasteiger partial charge on any atom is -0.293 e. The van der Waals surface area contributed by atoms with Gasteiger partial charge in [0.2, 0.25) is 0 Å². The van der Waals surface area contributed by atoms with E-state index in [2.05, 4.69) is 5.84 Å². The number of carbonyl (C=O) groups excluding carboxylic acids is 1. The summed E-state index contributed by atoms with van der Waals surface area (Å²) in [4.78, 5) is 10.1. The van der Waals surface area contributed by atoms with Crippen molar-refractivity contribution in [2.45, 2.75) is 12.3 Å². The lowest BCUT2D eigenvalue weighted by Crippen LogP contribution is -2.35. The van der Waals surface area contributed by atoms with Crippen molar-refractivity contribution >= 4 is 17.5 Å². The second-order valence-corrected chi connectivity index (χ2v) is 1.78. The van der Waals surface area contributed by atoms with Crippen LogP contribution in [-0.4, -0.2) is 11.3 Å². The average Bonchev–Trinajstić information content (AvgIpc) is 1.65. The molecule has 1 amide bonds. The maximum atomic E-state index is 10.1. The van der Waals surface area contributed by atoms with Crippen molar-refractivity contribution in [3.63, 3.8) is 0 Å². The molecular formula is C3H7ClN2O. The fourth-order valence-corrected chi connectivity index (χ4v) is 0.178. The summed E-state index contributed by atoms with van der Waals surface area (Å²) in [7, 11) is 0. The van der Waals surface area contributed by atoms with Gasteiger partial charge in [-0.25, -0.2) is 5.84 Å². The number of nitrogens with one attached hydrogen (secondary N) is 1. The van der Waals surface area contributed by atoms with E-state index in [0.29, 0.717) is 0 Å². The Hall–Kier alpha value is -0.280. The molecule has 42 valence electrons. The van der Waals surface area contributed by atoms with Crippen LogP contribution >= 0.6 is 11.6 Å². The average molecular weight is 123 g/mol. The van der Waals surface area contributed by atoms with Crippen molar-refractivity contribution in [3.8, 4) is 0 Å². The number of hydrogen-bond acceptors (Lipinski definition) is 2. The van der Waals surface area contributed by atoms with Gasteiger partial charge in [0.1, 0.15) is 5.38 Å². The standard InChI is InChI=1S/C3H7ClN2O/c1-2(4)3(7)6-5/h2H,5H2,1H3,(H,6,7). The third-order valence-electron chi connectivity index (χ3n) is 0.504. The molecule has 0 aromatic heterocycles. The first-order valence-electron chi connectivity index (χ1n) is 1.83. The maximum Gasteiger partial charge on any atom is 0.251 e. The number of amides is 1. The van der Waals surface area contributed by atoms with Gasteiger partial charge < -0.3 is 0 Å². The molecule has 0 aliphatic heterocycles. The molecule has 0 spiro atoms. The Labute approximate surface area is 46.8 Å². The van der Waals surface area contributed by atoms with Gasteiger partial charge >= 0.3 is 0 Å². The van der Waals surface area contributed by atoms with Crippen LogP contribution in [0.15, 0.2) is 0 Å². The molecule has 4 heteroatoms. The molecule has 1 atom stereocenters. The Kier molecular flexibility index (Phi) is 2.71. The topological polar surface area (TPSA) is 55.1 Å². The van der Waals surface area contributed by atoms with Crippen LogP contribution in [-0.2, 0) is 4.79 Å². The second-order valence-electron chi connectivity index (χ2n) is 1.12. The highest BCUT2D eigenvalue weighted by Gasteiger charge is 2.03. The number of hydrogen-bond donors (Lipinski definition) is 2. The lowest BCUT2D eigenvalue weighted by molar-refractivity contribution is -0.120. The Morgan fingerprint density at radius 3 is 2.43 bits per heavy atom. The fourth-order valence-electron chi connectivity index (χ4n) is 0.115. The molecule has 0 aromatic carbocycles. The van der Waals surface area contributed by atoms with E-state index in [9.17, 15) is 4.79 Å². The predicted molar refractivity (Wildman–Crippen MR) is 27.6 cm³/mol. The van der Waals surface area contributed by atoms with Crippen LogP contribution in [0.4, 0.5) is 0 Å². The van der Waals surface area contributed by atoms with Crippen molar-refractivity contribution in [2.75, 3.05) is 0 Å². The molecule has 0 radical (unpaired) electrons. The van der Waals surface area contributed by atoms with Crippen LogP contribution in [0, 0.1) is 0 Å². The summed E-state index contributed by atoms with van der Waals surface area (Å²) in [6.07, 6.45) is 0. The van der Waals surface area contributed by atoms with Crippen LogP contribution in [0.5, 0.6) is 0 Å². The normalized spacial score (nSPS) is 13.0. The minimum absolute atomic E-state index is 0.360. The number of rotatable bonds is 1. The van der Waals surface area contributed by atoms with E-state index in [1.807, 2.05) is 5.43 Å². The Bertz CT molecular complexity index is 73.3. The minimum atomic E-state index is -0.537. The van der Waals surface area contributed by atoms with Crippen LogP contribution in [0.3, 0.4) is 0 Å². The highest BCUT2D eigenvalue weighted by molar-refractivity contribution is 6.30. The molecule has 0 bridgehead atoms. The van der Waals surface area contributed by atoms with E-state index < -0.39 is 5.38 Å². The third kappa shape index (κ3) is 2.42. The van der Waals surface area contributed by atoms with Gasteiger partial charge in [-0.1, -0.05) is 0 Å². The zero-order valence-electron chi connectivity index (χ0n) is 3.94. The summed E-state index contributed by atoms with van der Waals surface area (Å²) >= 11 is 5.24. The zero-order valence-corrected chi connectivity index (χ0v) is 4.70. The van der Waals surface area contributed by atoms with Gasteiger partial charge in [-0.3, -0.25) is 10.2 Å². The van der Waals surface area contributed by atoms with Gasteiger partial charge in [0.25, 0.3) is 5.91 Å². The zero-order chi connectivity index (χ0) is 5.86. The molecule has 1 unspecified atom stereocenters. The van der Waals surface area contributed by atoms with E-state index in [-0.39, 0.29) is 5.91 Å². The van der Waals surface area contributed by atoms with E-state index in [1.54, 1.807) is 6.92 Å². The molecule has 0 aliphatic carbocycles. The maximum absolute atomic E-state index is 10.1. The molecule has 0 aromatic rings. The van der Waals surface area contributed by atoms with E-state index >= 15 is 0 Å². The quantitative estimate of drug-likeness (QED) is 0.215. The summed E-state index contributed by atoms with van der Waals surface area (Å²) in [5.74, 6) is 4.33. The molecular weight excluding hydrogens is 115 g/mol. The molecule has 0 saturated carbocycles. The van der Waals surface area contributed by atoms with Crippen LogP contribution in [0.1, 0.15) is 6.92 Å². The van der Waals surface area contributed by atoms with E-state index in [0.717, 1.165) is 0 Å². The largest absolute Gasteiger partial charge is 0.293 e. The van der Waals surface area contributed by atoms with Crippen molar-refractivity contribution in [3.05, 3.63) is 0 Å². The molecule has 3 N–H and O–H groups in total. The molecule has 0 heterocycles. The predicted octanol–water partition coefficient (Wildman–Crippen LogP) is -0.396. The van der Waals surface area contributed by atoms with Gasteiger partial charge in [0.15, 0.2) is 0 Å². The molecule has 7 heavy (non-hydrogen) atoms. The summed E-state index contributed by atoms with van der Waals surface area (Å²) in [5, 5.41) is -0.537. The summed E-state index contributed by atoms with van der Waals surface area (Å²) in [6.45, 7) is 1.55. The Morgan fingerprint density at radius 2 is 2.43 bits per heavy atom. The molecule has 3 nitrogen and oxygen atoms in total. The van der Waals surface area contributed by atoms with Gasteiger partial charge in [-0.2, -0.15) is 0 Å². The molecule has 0 fully saturated rings. The Morgan fingerprint density at radius 1 is 2.00 bits per heavy atom. The molecule has 0 rings (SSSR count). The second kappa shape index (κ2) is 2.82. The number of hydrazine groups is 1. The van der Waals surface area contributed by atoms with Crippen molar-refractivity contribution in [2.24, 2.45) is 5.84 Å². The first-order chi connectivity index (χ1) is 3.18. The highest BCUT2D eigenvalue weighted by atomic mass is 35.5. The monoisotopic (exact) mass is 122 g/mol.